The highest BCUT2D eigenvalue weighted by molar-refractivity contribution is 9.10. The first-order valence-electron chi connectivity index (χ1n) is 5.94. The summed E-state index contributed by atoms with van der Waals surface area (Å²) in [5.74, 6) is -0.843. The van der Waals surface area contributed by atoms with Gasteiger partial charge in [0, 0.05) is 14.9 Å². The largest absolute Gasteiger partial charge is 0.465 e. The number of thiophene rings is 1. The summed E-state index contributed by atoms with van der Waals surface area (Å²) in [6.45, 7) is 1.92. The summed E-state index contributed by atoms with van der Waals surface area (Å²) in [6.07, 6.45) is 0.612. The maximum absolute atomic E-state index is 14.0. The van der Waals surface area contributed by atoms with E-state index < -0.39 is 5.97 Å². The number of hydrogen-bond acceptors (Lipinski definition) is 4. The number of ether oxygens (including phenoxy) is 1. The van der Waals surface area contributed by atoms with E-state index in [2.05, 4.69) is 15.9 Å². The number of nitrogens with two attached hydrogens (primary N) is 1. The molecule has 2 aromatic rings. The number of benzene rings is 1. The molecule has 1 aromatic carbocycles. The standard InChI is InChI=1S/C14H13BrFNO2S/c1-3-8-11(17)13(14(18)19-2)20-12(8)9-6-7(15)4-5-10(9)16/h4-6H,3,17H2,1-2H3. The zero-order valence-corrected chi connectivity index (χ0v) is 13.4. The van der Waals surface area contributed by atoms with Crippen molar-refractivity contribution in [1.82, 2.24) is 0 Å². The molecule has 2 N–H and O–H groups in total. The Morgan fingerprint density at radius 1 is 1.50 bits per heavy atom. The van der Waals surface area contributed by atoms with Crippen LogP contribution >= 0.6 is 27.3 Å². The van der Waals surface area contributed by atoms with Crippen molar-refractivity contribution in [2.75, 3.05) is 12.8 Å². The molecule has 0 saturated carbocycles. The fourth-order valence-corrected chi connectivity index (χ4v) is 3.57. The molecule has 0 fully saturated rings. The first-order chi connectivity index (χ1) is 9.49. The van der Waals surface area contributed by atoms with Crippen molar-refractivity contribution >= 4 is 38.9 Å². The van der Waals surface area contributed by atoms with E-state index in [4.69, 9.17) is 10.5 Å². The SMILES string of the molecule is CCc1c(-c2cc(Br)ccc2F)sc(C(=O)OC)c1N. The minimum absolute atomic E-state index is 0.318. The van der Waals surface area contributed by atoms with Crippen molar-refractivity contribution < 1.29 is 13.9 Å². The molecule has 0 bridgehead atoms. The maximum Gasteiger partial charge on any atom is 0.350 e. The highest BCUT2D eigenvalue weighted by Crippen LogP contribution is 2.41. The molecule has 0 atom stereocenters. The highest BCUT2D eigenvalue weighted by Gasteiger charge is 2.22. The van der Waals surface area contributed by atoms with Crippen molar-refractivity contribution in [2.24, 2.45) is 0 Å². The Balaban J connectivity index is 2.68. The monoisotopic (exact) mass is 357 g/mol. The Morgan fingerprint density at radius 3 is 2.80 bits per heavy atom. The van der Waals surface area contributed by atoms with Crippen molar-refractivity contribution in [2.45, 2.75) is 13.3 Å². The van der Waals surface area contributed by atoms with Crippen molar-refractivity contribution in [1.29, 1.82) is 0 Å². The molecule has 2 rings (SSSR count). The van der Waals surface area contributed by atoms with E-state index in [1.807, 2.05) is 6.92 Å². The first kappa shape index (κ1) is 15.0. The van der Waals surface area contributed by atoms with Crippen LogP contribution in [0.4, 0.5) is 10.1 Å². The lowest BCUT2D eigenvalue weighted by Crippen LogP contribution is -2.02. The van der Waals surface area contributed by atoms with Crippen LogP contribution in [0.15, 0.2) is 22.7 Å². The number of halogens is 2. The van der Waals surface area contributed by atoms with Gasteiger partial charge in [-0.05, 0) is 30.2 Å². The van der Waals surface area contributed by atoms with E-state index in [0.717, 1.165) is 21.4 Å². The normalized spacial score (nSPS) is 10.6. The second-order valence-corrected chi connectivity index (χ2v) is 6.06. The van der Waals surface area contributed by atoms with Crippen LogP contribution < -0.4 is 5.73 Å². The minimum Gasteiger partial charge on any atom is -0.465 e. The van der Waals surface area contributed by atoms with Crippen LogP contribution in [0.25, 0.3) is 10.4 Å². The molecule has 0 aliphatic carbocycles. The van der Waals surface area contributed by atoms with Crippen LogP contribution in [0, 0.1) is 5.82 Å². The summed E-state index contributed by atoms with van der Waals surface area (Å²) in [4.78, 5) is 12.7. The number of rotatable bonds is 3. The van der Waals surface area contributed by atoms with Gasteiger partial charge in [0.25, 0.3) is 0 Å². The van der Waals surface area contributed by atoms with Crippen LogP contribution in [0.2, 0.25) is 0 Å². The summed E-state index contributed by atoms with van der Waals surface area (Å²) in [5, 5.41) is 0. The Bertz CT molecular complexity index is 669. The van der Waals surface area contributed by atoms with Gasteiger partial charge in [0.2, 0.25) is 0 Å². The van der Waals surface area contributed by atoms with Crippen molar-refractivity contribution in [3.05, 3.63) is 38.9 Å². The third-order valence-corrected chi connectivity index (χ3v) is 4.70. The molecule has 0 radical (unpaired) electrons. The molecule has 0 saturated heterocycles. The van der Waals surface area contributed by atoms with Gasteiger partial charge in [-0.3, -0.25) is 0 Å². The Kier molecular flexibility index (Phi) is 4.45. The van der Waals surface area contributed by atoms with Crippen LogP contribution in [-0.4, -0.2) is 13.1 Å². The second-order valence-electron chi connectivity index (χ2n) is 4.12. The summed E-state index contributed by atoms with van der Waals surface area (Å²) >= 11 is 4.48. The second kappa shape index (κ2) is 5.93. The Hall–Kier alpha value is -1.40. The van der Waals surface area contributed by atoms with Gasteiger partial charge in [0.15, 0.2) is 0 Å². The number of carbonyl (C=O) groups excluding carboxylic acids is 1. The lowest BCUT2D eigenvalue weighted by Gasteiger charge is -2.05. The van der Waals surface area contributed by atoms with E-state index in [-0.39, 0.29) is 5.82 Å². The zero-order chi connectivity index (χ0) is 14.9. The van der Waals surface area contributed by atoms with E-state index in [9.17, 15) is 9.18 Å². The van der Waals surface area contributed by atoms with Gasteiger partial charge >= 0.3 is 5.97 Å². The number of methoxy groups -OCH3 is 1. The quantitative estimate of drug-likeness (QED) is 0.835. The third-order valence-electron chi connectivity index (χ3n) is 2.95. The van der Waals surface area contributed by atoms with Gasteiger partial charge in [-0.15, -0.1) is 11.3 Å². The average Bonchev–Trinajstić information content (AvgIpc) is 2.77. The molecule has 0 aliphatic heterocycles. The van der Waals surface area contributed by atoms with Crippen LogP contribution in [0.3, 0.4) is 0 Å². The van der Waals surface area contributed by atoms with Gasteiger partial charge in [-0.25, -0.2) is 9.18 Å². The first-order valence-corrected chi connectivity index (χ1v) is 7.55. The van der Waals surface area contributed by atoms with Crippen LogP contribution in [-0.2, 0) is 11.2 Å². The number of nitrogen functional groups attached to an aromatic ring is 1. The number of anilines is 1. The van der Waals surface area contributed by atoms with Crippen molar-refractivity contribution in [3.63, 3.8) is 0 Å². The molecule has 1 heterocycles. The predicted molar refractivity (Wildman–Crippen MR) is 82.5 cm³/mol. The number of esters is 1. The molecule has 0 aliphatic rings. The summed E-state index contributed by atoms with van der Waals surface area (Å²) in [6, 6.07) is 4.69. The third kappa shape index (κ3) is 2.58. The van der Waals surface area contributed by atoms with E-state index in [0.29, 0.717) is 27.4 Å². The molecular weight excluding hydrogens is 345 g/mol. The van der Waals surface area contributed by atoms with Gasteiger partial charge in [-0.1, -0.05) is 22.9 Å². The molecule has 0 amide bonds. The molecule has 0 unspecified atom stereocenters. The predicted octanol–water partition coefficient (Wildman–Crippen LogP) is 4.25. The molecule has 106 valence electrons. The van der Waals surface area contributed by atoms with Crippen LogP contribution in [0.1, 0.15) is 22.2 Å². The highest BCUT2D eigenvalue weighted by atomic mass is 79.9. The van der Waals surface area contributed by atoms with E-state index in [1.165, 1.54) is 13.2 Å². The van der Waals surface area contributed by atoms with Gasteiger partial charge in [0.05, 0.1) is 12.8 Å². The molecule has 1 aromatic heterocycles. The molecule has 20 heavy (non-hydrogen) atoms. The Labute approximate surface area is 128 Å². The van der Waals surface area contributed by atoms with Gasteiger partial charge in [-0.2, -0.15) is 0 Å². The lowest BCUT2D eigenvalue weighted by atomic mass is 10.1. The summed E-state index contributed by atoms with van der Waals surface area (Å²) in [7, 11) is 1.30. The fraction of sp³-hybridized carbons (Fsp3) is 0.214. The number of carbonyl (C=O) groups is 1. The smallest absolute Gasteiger partial charge is 0.350 e. The van der Waals surface area contributed by atoms with Crippen LogP contribution in [0.5, 0.6) is 0 Å². The summed E-state index contributed by atoms with van der Waals surface area (Å²) in [5.41, 5.74) is 7.57. The summed E-state index contributed by atoms with van der Waals surface area (Å²) < 4.78 is 19.5. The molecule has 0 spiro atoms. The van der Waals surface area contributed by atoms with E-state index >= 15 is 0 Å². The average molecular weight is 358 g/mol. The van der Waals surface area contributed by atoms with Gasteiger partial charge < -0.3 is 10.5 Å². The lowest BCUT2D eigenvalue weighted by molar-refractivity contribution is 0.0607. The maximum atomic E-state index is 14.0. The van der Waals surface area contributed by atoms with Crippen molar-refractivity contribution in [3.8, 4) is 10.4 Å². The molecule has 6 heteroatoms. The Morgan fingerprint density at radius 2 is 2.20 bits per heavy atom. The van der Waals surface area contributed by atoms with Gasteiger partial charge in [0.1, 0.15) is 10.7 Å². The zero-order valence-electron chi connectivity index (χ0n) is 11.0. The fourth-order valence-electron chi connectivity index (χ4n) is 1.96. The number of hydrogen-bond donors (Lipinski definition) is 1. The topological polar surface area (TPSA) is 52.3 Å². The molecular formula is C14H13BrFNO2S. The minimum atomic E-state index is -0.496. The molecule has 3 nitrogen and oxygen atoms in total. The van der Waals surface area contributed by atoms with E-state index in [1.54, 1.807) is 12.1 Å².